The third-order valence-corrected chi connectivity index (χ3v) is 8.06. The van der Waals surface area contributed by atoms with Gasteiger partial charge >= 0.3 is 0 Å². The molecule has 1 aliphatic heterocycles. The molecule has 31 heavy (non-hydrogen) atoms. The van der Waals surface area contributed by atoms with Gasteiger partial charge in [-0.25, -0.2) is 8.42 Å². The molecule has 0 fully saturated rings. The van der Waals surface area contributed by atoms with Gasteiger partial charge < -0.3 is 11.1 Å². The molecule has 0 spiro atoms. The Balaban J connectivity index is 1.65. The van der Waals surface area contributed by atoms with Crippen LogP contribution in [0.25, 0.3) is 6.08 Å². The predicted molar refractivity (Wildman–Crippen MR) is 127 cm³/mol. The van der Waals surface area contributed by atoms with E-state index in [9.17, 15) is 13.2 Å². The smallest absolute Gasteiger partial charge is 0.262 e. The molecular formula is C22H16Cl2N2O3S2. The number of benzene rings is 3. The molecule has 1 heterocycles. The molecule has 9 heteroatoms. The van der Waals surface area contributed by atoms with Crippen molar-refractivity contribution in [3.63, 3.8) is 0 Å². The lowest BCUT2D eigenvalue weighted by Crippen LogP contribution is -2.17. The average Bonchev–Trinajstić information content (AvgIpc) is 2.73. The number of nitrogens with one attached hydrogen (secondary N) is 1. The highest BCUT2D eigenvalue weighted by Crippen LogP contribution is 2.40. The van der Waals surface area contributed by atoms with Gasteiger partial charge in [-0.1, -0.05) is 53.2 Å². The van der Waals surface area contributed by atoms with Crippen LogP contribution in [0.3, 0.4) is 0 Å². The summed E-state index contributed by atoms with van der Waals surface area (Å²) in [7, 11) is -3.71. The van der Waals surface area contributed by atoms with Crippen molar-refractivity contribution in [3.8, 4) is 0 Å². The SMILES string of the molecule is Nc1ccc(C=C2Sc3cc(S(=O)(=O)Cc4c(Cl)cccc4Cl)ccc3NC2=O)cc1. The van der Waals surface area contributed by atoms with Crippen molar-refractivity contribution in [2.75, 3.05) is 11.1 Å². The quantitative estimate of drug-likeness (QED) is 0.365. The molecule has 0 aliphatic carbocycles. The fourth-order valence-corrected chi connectivity index (χ4v) is 6.20. The van der Waals surface area contributed by atoms with E-state index in [1.807, 2.05) is 0 Å². The lowest BCUT2D eigenvalue weighted by atomic mass is 10.2. The lowest BCUT2D eigenvalue weighted by Gasteiger charge is -2.19. The number of nitrogens with two attached hydrogens (primary N) is 1. The van der Waals surface area contributed by atoms with Gasteiger partial charge in [-0.2, -0.15) is 0 Å². The molecule has 0 aromatic heterocycles. The minimum atomic E-state index is -3.71. The largest absolute Gasteiger partial charge is 0.399 e. The molecule has 3 N–H and O–H groups in total. The van der Waals surface area contributed by atoms with Crippen LogP contribution in [-0.4, -0.2) is 14.3 Å². The summed E-state index contributed by atoms with van der Waals surface area (Å²) in [5, 5.41) is 3.39. The van der Waals surface area contributed by atoms with Crippen molar-refractivity contribution >= 4 is 68.2 Å². The predicted octanol–water partition coefficient (Wildman–Crippen LogP) is 5.63. The molecule has 158 valence electrons. The molecule has 0 atom stereocenters. The van der Waals surface area contributed by atoms with Gasteiger partial charge in [0.05, 0.1) is 21.2 Å². The van der Waals surface area contributed by atoms with Crippen LogP contribution in [0.4, 0.5) is 11.4 Å². The topological polar surface area (TPSA) is 89.3 Å². The maximum Gasteiger partial charge on any atom is 0.262 e. The number of amides is 1. The maximum atomic E-state index is 13.0. The molecule has 3 aromatic rings. The summed E-state index contributed by atoms with van der Waals surface area (Å²) in [4.78, 5) is 13.7. The number of anilines is 2. The molecule has 1 aliphatic rings. The molecule has 0 unspecified atom stereocenters. The number of halogens is 2. The number of hydrogen-bond acceptors (Lipinski definition) is 5. The number of nitrogen functional groups attached to an aromatic ring is 1. The number of rotatable bonds is 4. The second-order valence-corrected chi connectivity index (χ2v) is 10.7. The molecule has 0 bridgehead atoms. The standard InChI is InChI=1S/C22H16Cl2N2O3S2/c23-17-2-1-3-18(24)16(17)12-31(28,29)15-8-9-19-20(11-15)30-21(22(27)26-19)10-13-4-6-14(25)7-5-13/h1-11H,12,25H2,(H,26,27). The third kappa shape index (κ3) is 4.75. The highest BCUT2D eigenvalue weighted by atomic mass is 35.5. The first-order valence-electron chi connectivity index (χ1n) is 9.09. The molecule has 0 saturated carbocycles. The molecule has 5 nitrogen and oxygen atoms in total. The Kier molecular flexibility index (Phi) is 6.03. The first-order chi connectivity index (χ1) is 14.7. The summed E-state index contributed by atoms with van der Waals surface area (Å²) >= 11 is 13.5. The van der Waals surface area contributed by atoms with Crippen LogP contribution < -0.4 is 11.1 Å². The fourth-order valence-electron chi connectivity index (χ4n) is 3.01. The summed E-state index contributed by atoms with van der Waals surface area (Å²) in [6.45, 7) is 0. The molecule has 1 amide bonds. The Hall–Kier alpha value is -2.45. The molecular weight excluding hydrogens is 475 g/mol. The maximum absolute atomic E-state index is 13.0. The van der Waals surface area contributed by atoms with E-state index in [1.165, 1.54) is 17.8 Å². The van der Waals surface area contributed by atoms with E-state index in [-0.39, 0.29) is 16.6 Å². The zero-order valence-corrected chi connectivity index (χ0v) is 19.1. The number of fused-ring (bicyclic) bond motifs is 1. The van der Waals surface area contributed by atoms with Gasteiger partial charge in [0.1, 0.15) is 0 Å². The third-order valence-electron chi connectivity index (χ3n) is 4.63. The van der Waals surface area contributed by atoms with Gasteiger partial charge in [-0.3, -0.25) is 4.79 Å². The van der Waals surface area contributed by atoms with E-state index in [2.05, 4.69) is 5.32 Å². The number of thioether (sulfide) groups is 1. The van der Waals surface area contributed by atoms with Gasteiger partial charge in [-0.15, -0.1) is 0 Å². The number of hydrogen-bond donors (Lipinski definition) is 2. The number of carbonyl (C=O) groups is 1. The van der Waals surface area contributed by atoms with Crippen LogP contribution in [0.5, 0.6) is 0 Å². The monoisotopic (exact) mass is 490 g/mol. The summed E-state index contributed by atoms with van der Waals surface area (Å²) in [6.07, 6.45) is 1.73. The van der Waals surface area contributed by atoms with Crippen molar-refractivity contribution in [2.45, 2.75) is 15.5 Å². The Bertz CT molecular complexity index is 1300. The van der Waals surface area contributed by atoms with Crippen LogP contribution in [0.2, 0.25) is 10.0 Å². The van der Waals surface area contributed by atoms with Crippen molar-refractivity contribution < 1.29 is 13.2 Å². The molecule has 4 rings (SSSR count). The molecule has 3 aromatic carbocycles. The van der Waals surface area contributed by atoms with Crippen molar-refractivity contribution in [1.82, 2.24) is 0 Å². The fraction of sp³-hybridized carbons (Fsp3) is 0.0455. The first-order valence-corrected chi connectivity index (χ1v) is 12.3. The van der Waals surface area contributed by atoms with E-state index in [0.717, 1.165) is 5.56 Å². The van der Waals surface area contributed by atoms with Gasteiger partial charge in [0, 0.05) is 26.2 Å². The highest BCUT2D eigenvalue weighted by molar-refractivity contribution is 8.04. The Morgan fingerprint density at radius 3 is 2.35 bits per heavy atom. The van der Waals surface area contributed by atoms with E-state index in [1.54, 1.807) is 60.7 Å². The van der Waals surface area contributed by atoms with Gasteiger partial charge in [0.15, 0.2) is 9.84 Å². The lowest BCUT2D eigenvalue weighted by molar-refractivity contribution is -0.112. The van der Waals surface area contributed by atoms with E-state index in [4.69, 9.17) is 28.9 Å². The van der Waals surface area contributed by atoms with Gasteiger partial charge in [0.2, 0.25) is 0 Å². The Morgan fingerprint density at radius 2 is 1.68 bits per heavy atom. The Labute approximate surface area is 194 Å². The average molecular weight is 491 g/mol. The van der Waals surface area contributed by atoms with Gasteiger partial charge in [-0.05, 0) is 54.1 Å². The zero-order chi connectivity index (χ0) is 22.2. The van der Waals surface area contributed by atoms with E-state index in [0.29, 0.717) is 36.8 Å². The minimum absolute atomic E-state index is 0.123. The summed E-state index contributed by atoms with van der Waals surface area (Å²) in [6, 6.07) is 16.6. The van der Waals surface area contributed by atoms with E-state index >= 15 is 0 Å². The van der Waals surface area contributed by atoms with Crippen LogP contribution in [0.15, 0.2) is 75.4 Å². The molecule has 0 radical (unpaired) electrons. The van der Waals surface area contributed by atoms with Crippen molar-refractivity contribution in [2.24, 2.45) is 0 Å². The normalized spacial score (nSPS) is 14.9. The highest BCUT2D eigenvalue weighted by Gasteiger charge is 2.25. The minimum Gasteiger partial charge on any atom is -0.399 e. The zero-order valence-electron chi connectivity index (χ0n) is 15.9. The van der Waals surface area contributed by atoms with E-state index < -0.39 is 9.84 Å². The molecule has 0 saturated heterocycles. The van der Waals surface area contributed by atoms with Crippen LogP contribution >= 0.6 is 35.0 Å². The van der Waals surface area contributed by atoms with Gasteiger partial charge in [0.25, 0.3) is 5.91 Å². The first kappa shape index (κ1) is 21.8. The Morgan fingerprint density at radius 1 is 1.00 bits per heavy atom. The summed E-state index contributed by atoms with van der Waals surface area (Å²) < 4.78 is 26.0. The van der Waals surface area contributed by atoms with Crippen LogP contribution in [0, 0.1) is 0 Å². The van der Waals surface area contributed by atoms with Crippen LogP contribution in [-0.2, 0) is 20.4 Å². The van der Waals surface area contributed by atoms with Crippen molar-refractivity contribution in [1.29, 1.82) is 0 Å². The number of sulfone groups is 1. The summed E-state index contributed by atoms with van der Waals surface area (Å²) in [5.41, 5.74) is 8.05. The van der Waals surface area contributed by atoms with Crippen molar-refractivity contribution in [3.05, 3.63) is 86.7 Å². The second-order valence-electron chi connectivity index (χ2n) is 6.85. The van der Waals surface area contributed by atoms with Crippen LogP contribution in [0.1, 0.15) is 11.1 Å². The second kappa shape index (κ2) is 8.59. The summed E-state index contributed by atoms with van der Waals surface area (Å²) in [5.74, 6) is -0.581. The number of carbonyl (C=O) groups excluding carboxylic acids is 1.